The molecule has 1 aromatic carbocycles. The molecule has 0 fully saturated rings. The lowest BCUT2D eigenvalue weighted by Crippen LogP contribution is -2.21. The molecule has 1 amide bonds. The van der Waals surface area contributed by atoms with E-state index < -0.39 is 13.0 Å². The van der Waals surface area contributed by atoms with E-state index in [2.05, 4.69) is 38.6 Å². The number of fused-ring (bicyclic) bond motifs is 1. The molecule has 3 rings (SSSR count). The number of carbonyl (C=O) groups excluding carboxylic acids is 1. The van der Waals surface area contributed by atoms with Crippen LogP contribution in [0.2, 0.25) is 0 Å². The summed E-state index contributed by atoms with van der Waals surface area (Å²) >= 11 is 0. The van der Waals surface area contributed by atoms with Crippen molar-refractivity contribution in [2.75, 3.05) is 26.0 Å². The van der Waals surface area contributed by atoms with E-state index in [1.165, 1.54) is 17.2 Å². The molecule has 0 bridgehead atoms. The van der Waals surface area contributed by atoms with E-state index in [1.54, 1.807) is 26.2 Å². The van der Waals surface area contributed by atoms with Crippen LogP contribution >= 0.6 is 0 Å². The second kappa shape index (κ2) is 9.82. The molecular weight excluding hydrogens is 418 g/mol. The zero-order valence-electron chi connectivity index (χ0n) is 17.6. The maximum atomic E-state index is 12.3. The second-order valence-electron chi connectivity index (χ2n) is 6.93. The number of ether oxygens (including phenoxy) is 1. The number of aromatic amines is 1. The summed E-state index contributed by atoms with van der Waals surface area (Å²) in [5.41, 5.74) is 2.71. The highest BCUT2D eigenvalue weighted by atomic mass is 19.3. The summed E-state index contributed by atoms with van der Waals surface area (Å²) in [4.78, 5) is 29.2. The number of allylic oxidation sites excluding steroid dienone is 1. The van der Waals surface area contributed by atoms with E-state index >= 15 is 0 Å². The van der Waals surface area contributed by atoms with Crippen LogP contribution in [-0.2, 0) is 4.74 Å². The molecular formula is C22H22F2N6O2. The number of alkyl halides is 2. The summed E-state index contributed by atoms with van der Waals surface area (Å²) in [5, 5.41) is 3.94. The van der Waals surface area contributed by atoms with Gasteiger partial charge in [0.25, 0.3) is 12.3 Å². The van der Waals surface area contributed by atoms with Crippen LogP contribution in [0.4, 0.5) is 20.4 Å². The Hall–Kier alpha value is -4.08. The lowest BCUT2D eigenvalue weighted by molar-refractivity contribution is 0.0530. The van der Waals surface area contributed by atoms with Crippen LogP contribution in [0.15, 0.2) is 59.9 Å². The normalized spacial score (nSPS) is 11.5. The monoisotopic (exact) mass is 440 g/mol. The molecule has 0 saturated carbocycles. The Morgan fingerprint density at radius 3 is 2.81 bits per heavy atom. The highest BCUT2D eigenvalue weighted by Crippen LogP contribution is 2.23. The molecule has 0 aliphatic carbocycles. The fourth-order valence-electron chi connectivity index (χ4n) is 2.82. The number of hydrogen-bond acceptors (Lipinski definition) is 6. The van der Waals surface area contributed by atoms with Crippen molar-refractivity contribution in [1.82, 2.24) is 19.9 Å². The van der Waals surface area contributed by atoms with Gasteiger partial charge in [0.1, 0.15) is 18.1 Å². The quantitative estimate of drug-likeness (QED) is 0.295. The van der Waals surface area contributed by atoms with Crippen molar-refractivity contribution in [3.63, 3.8) is 0 Å². The average Bonchev–Trinajstić information content (AvgIpc) is 3.19. The van der Waals surface area contributed by atoms with Crippen molar-refractivity contribution >= 4 is 40.9 Å². The van der Waals surface area contributed by atoms with Crippen molar-refractivity contribution < 1.29 is 18.3 Å². The number of nitrogens with zero attached hydrogens (tertiary/aromatic N) is 4. The zero-order valence-corrected chi connectivity index (χ0v) is 17.6. The van der Waals surface area contributed by atoms with Crippen molar-refractivity contribution in [2.24, 2.45) is 4.99 Å². The summed E-state index contributed by atoms with van der Waals surface area (Å²) in [6, 6.07) is 8.89. The zero-order chi connectivity index (χ0) is 23.3. The van der Waals surface area contributed by atoms with Crippen LogP contribution < -0.4 is 5.32 Å². The van der Waals surface area contributed by atoms with Gasteiger partial charge in [-0.05, 0) is 37.0 Å². The van der Waals surface area contributed by atoms with Gasteiger partial charge in [-0.25, -0.2) is 18.7 Å². The van der Waals surface area contributed by atoms with E-state index in [0.29, 0.717) is 22.8 Å². The minimum absolute atomic E-state index is 0.0156. The molecule has 0 spiro atoms. The maximum Gasteiger partial charge on any atom is 0.272 e. The highest BCUT2D eigenvalue weighted by Gasteiger charge is 2.12. The molecule has 0 aliphatic heterocycles. The summed E-state index contributed by atoms with van der Waals surface area (Å²) in [6.45, 7) is 6.30. The van der Waals surface area contributed by atoms with Gasteiger partial charge in [0.15, 0.2) is 0 Å². The Morgan fingerprint density at radius 1 is 1.34 bits per heavy atom. The predicted molar refractivity (Wildman–Crippen MR) is 120 cm³/mol. The lowest BCUT2D eigenvalue weighted by atomic mass is 10.2. The molecule has 166 valence electrons. The van der Waals surface area contributed by atoms with Gasteiger partial charge in [-0.15, -0.1) is 0 Å². The number of carbonyl (C=O) groups is 1. The maximum absolute atomic E-state index is 12.3. The Labute approximate surface area is 183 Å². The minimum atomic E-state index is -2.61. The highest BCUT2D eigenvalue weighted by molar-refractivity contribution is 5.98. The van der Waals surface area contributed by atoms with Crippen LogP contribution in [0.25, 0.3) is 16.6 Å². The lowest BCUT2D eigenvalue weighted by Gasteiger charge is -2.08. The number of rotatable bonds is 9. The number of aliphatic imine (C=N–C) groups is 1. The molecule has 0 saturated heterocycles. The van der Waals surface area contributed by atoms with E-state index in [0.717, 1.165) is 10.9 Å². The number of nitrogens with one attached hydrogen (secondary N) is 2. The van der Waals surface area contributed by atoms with Gasteiger partial charge in [-0.3, -0.25) is 9.79 Å². The average molecular weight is 440 g/mol. The molecule has 0 aliphatic rings. The summed E-state index contributed by atoms with van der Waals surface area (Å²) < 4.78 is 29.5. The number of anilines is 2. The first-order valence-corrected chi connectivity index (χ1v) is 9.50. The van der Waals surface area contributed by atoms with Crippen LogP contribution in [0.5, 0.6) is 0 Å². The third-order valence-electron chi connectivity index (χ3n) is 4.29. The molecule has 2 N–H and O–H groups in total. The van der Waals surface area contributed by atoms with Crippen molar-refractivity contribution in [1.29, 1.82) is 0 Å². The SMILES string of the molecule is C=N/C(=C\C(=C)OCC(F)F)c1ccnc(Nc2ccc3[nH]c(C(=O)N(C)C)cc3c2)n1. The number of halogens is 2. The summed E-state index contributed by atoms with van der Waals surface area (Å²) in [6.07, 6.45) is 0.288. The third-order valence-corrected chi connectivity index (χ3v) is 4.29. The first-order chi connectivity index (χ1) is 15.3. The van der Waals surface area contributed by atoms with Gasteiger partial charge in [0.2, 0.25) is 5.95 Å². The number of amides is 1. The fraction of sp³-hybridized carbons (Fsp3) is 0.182. The number of hydrogen-bond donors (Lipinski definition) is 2. The Kier molecular flexibility index (Phi) is 6.93. The molecule has 3 aromatic rings. The summed E-state index contributed by atoms with van der Waals surface area (Å²) in [7, 11) is 3.37. The Balaban J connectivity index is 1.80. The van der Waals surface area contributed by atoms with Gasteiger partial charge in [0.05, 0.1) is 11.4 Å². The number of benzene rings is 1. The molecule has 0 unspecified atom stereocenters. The van der Waals surface area contributed by atoms with Gasteiger partial charge >= 0.3 is 0 Å². The third kappa shape index (κ3) is 5.54. The second-order valence-corrected chi connectivity index (χ2v) is 6.93. The van der Waals surface area contributed by atoms with E-state index in [4.69, 9.17) is 4.74 Å². The molecule has 10 heteroatoms. The Morgan fingerprint density at radius 2 is 2.12 bits per heavy atom. The minimum Gasteiger partial charge on any atom is -0.488 e. The van der Waals surface area contributed by atoms with Gasteiger partial charge in [-0.1, -0.05) is 6.58 Å². The number of H-pyrrole nitrogens is 1. The molecule has 2 heterocycles. The van der Waals surface area contributed by atoms with E-state index in [9.17, 15) is 13.6 Å². The largest absolute Gasteiger partial charge is 0.488 e. The smallest absolute Gasteiger partial charge is 0.272 e. The van der Waals surface area contributed by atoms with Crippen LogP contribution in [0, 0.1) is 0 Å². The first-order valence-electron chi connectivity index (χ1n) is 9.50. The number of aromatic nitrogens is 3. The molecule has 32 heavy (non-hydrogen) atoms. The van der Waals surface area contributed by atoms with E-state index in [-0.39, 0.29) is 17.6 Å². The van der Waals surface area contributed by atoms with Gasteiger partial charge in [0, 0.05) is 43.0 Å². The van der Waals surface area contributed by atoms with Crippen LogP contribution in [-0.4, -0.2) is 59.6 Å². The van der Waals surface area contributed by atoms with Crippen molar-refractivity contribution in [3.05, 3.63) is 66.3 Å². The topological polar surface area (TPSA) is 95.5 Å². The van der Waals surface area contributed by atoms with Crippen molar-refractivity contribution in [2.45, 2.75) is 6.43 Å². The molecule has 0 radical (unpaired) electrons. The molecule has 2 aromatic heterocycles. The summed E-state index contributed by atoms with van der Waals surface area (Å²) in [5.74, 6) is 0.180. The van der Waals surface area contributed by atoms with Gasteiger partial charge < -0.3 is 19.9 Å². The molecule has 8 nitrogen and oxygen atoms in total. The standard InChI is InChI=1S/C22H22F2N6O2/c1-13(32-12-20(23)24)9-18(25-2)17-7-8-26-22(29-17)27-15-5-6-16-14(10-15)11-19(28-16)21(31)30(3)4/h5-11,20,28H,1-2,12H2,3-4H3,(H,26,27,29)/b18-9-. The first kappa shape index (κ1) is 22.6. The Bertz CT molecular complexity index is 1190. The fourth-order valence-corrected chi connectivity index (χ4v) is 2.82. The van der Waals surface area contributed by atoms with Crippen LogP contribution in [0.1, 0.15) is 16.2 Å². The molecule has 0 atom stereocenters. The predicted octanol–water partition coefficient (Wildman–Crippen LogP) is 4.24. The van der Waals surface area contributed by atoms with E-state index in [1.807, 2.05) is 18.2 Å². The van der Waals surface area contributed by atoms with Crippen LogP contribution in [0.3, 0.4) is 0 Å². The van der Waals surface area contributed by atoms with Crippen molar-refractivity contribution in [3.8, 4) is 0 Å². The van der Waals surface area contributed by atoms with Gasteiger partial charge in [-0.2, -0.15) is 0 Å².